The lowest BCUT2D eigenvalue weighted by atomic mass is 10.1. The number of halogens is 1. The van der Waals surface area contributed by atoms with E-state index in [0.717, 1.165) is 6.42 Å². The lowest BCUT2D eigenvalue weighted by Gasteiger charge is -2.12. The minimum Gasteiger partial charge on any atom is -0.390 e. The summed E-state index contributed by atoms with van der Waals surface area (Å²) >= 11 is 5.30. The Balaban J connectivity index is 3.29. The van der Waals surface area contributed by atoms with Crippen LogP contribution in [-0.2, 0) is 0 Å². The van der Waals surface area contributed by atoms with Crippen molar-refractivity contribution in [3.05, 3.63) is 0 Å². The third kappa shape index (κ3) is 2.50. The summed E-state index contributed by atoms with van der Waals surface area (Å²) in [5, 5.41) is 8.87. The van der Waals surface area contributed by atoms with Gasteiger partial charge in [0.25, 0.3) is 0 Å². The second kappa shape index (κ2) is 4.13. The van der Waals surface area contributed by atoms with Gasteiger partial charge in [0, 0.05) is 11.9 Å². The average molecular weight is 138 g/mol. The molecule has 0 saturated carbocycles. The van der Waals surface area contributed by atoms with Gasteiger partial charge in [0.05, 0.1) is 6.10 Å². The Labute approximate surface area is 54.6 Å². The van der Waals surface area contributed by atoms with Gasteiger partial charge in [-0.25, -0.2) is 0 Å². The van der Waals surface area contributed by atoms with Crippen molar-refractivity contribution in [2.75, 3.05) is 5.88 Å². The van der Waals surface area contributed by atoms with Gasteiger partial charge in [-0.05, 0) is 6.42 Å². The fourth-order valence-corrected chi connectivity index (χ4v) is 0.615. The average Bonchev–Trinajstić information content (AvgIpc) is 1.84. The Kier molecular flexibility index (Phi) is 4.23. The zero-order chi connectivity index (χ0) is 6.57. The van der Waals surface area contributed by atoms with E-state index in [4.69, 9.17) is 22.4 Å². The fraction of sp³-hybridized carbons (Fsp3) is 1.00. The number of hydrogen-bond acceptors (Lipinski definition) is 2. The topological polar surface area (TPSA) is 46.2 Å². The minimum absolute atomic E-state index is 0.160. The number of aliphatic hydroxyl groups excluding tert-OH is 1. The van der Waals surface area contributed by atoms with Crippen LogP contribution < -0.4 is 5.73 Å². The molecule has 0 amide bonds. The molecule has 8 heavy (non-hydrogen) atoms. The zero-order valence-electron chi connectivity index (χ0n) is 4.97. The minimum atomic E-state index is -0.540. The molecule has 0 spiro atoms. The van der Waals surface area contributed by atoms with Crippen LogP contribution in [0.15, 0.2) is 0 Å². The number of aliphatic hydroxyl groups is 1. The third-order valence-corrected chi connectivity index (χ3v) is 1.44. The van der Waals surface area contributed by atoms with E-state index in [1.807, 2.05) is 6.92 Å². The van der Waals surface area contributed by atoms with Crippen molar-refractivity contribution >= 4 is 11.6 Å². The highest BCUT2D eigenvalue weighted by atomic mass is 35.5. The van der Waals surface area contributed by atoms with E-state index in [0.29, 0.717) is 0 Å². The van der Waals surface area contributed by atoms with Gasteiger partial charge in [0.1, 0.15) is 0 Å². The van der Waals surface area contributed by atoms with E-state index >= 15 is 0 Å². The molecule has 0 aromatic rings. The van der Waals surface area contributed by atoms with Crippen molar-refractivity contribution in [2.45, 2.75) is 25.5 Å². The fourth-order valence-electron chi connectivity index (χ4n) is 0.387. The predicted molar refractivity (Wildman–Crippen MR) is 35.0 cm³/mol. The zero-order valence-corrected chi connectivity index (χ0v) is 5.73. The van der Waals surface area contributed by atoms with Gasteiger partial charge in [0.2, 0.25) is 0 Å². The highest BCUT2D eigenvalue weighted by Gasteiger charge is 2.09. The van der Waals surface area contributed by atoms with E-state index in [-0.39, 0.29) is 11.9 Å². The van der Waals surface area contributed by atoms with Crippen molar-refractivity contribution in [1.82, 2.24) is 0 Å². The molecule has 0 aliphatic carbocycles. The predicted octanol–water partition coefficient (Wildman–Crippen LogP) is 0.323. The molecule has 3 N–H and O–H groups in total. The van der Waals surface area contributed by atoms with Crippen LogP contribution in [0.5, 0.6) is 0 Å². The number of nitrogens with two attached hydrogens (primary N) is 1. The SMILES string of the molecule is CC[C@H](N)[C@H](O)CCl. The summed E-state index contributed by atoms with van der Waals surface area (Å²) in [6.45, 7) is 1.92. The Morgan fingerprint density at radius 1 is 1.75 bits per heavy atom. The van der Waals surface area contributed by atoms with Crippen molar-refractivity contribution < 1.29 is 5.11 Å². The van der Waals surface area contributed by atoms with Gasteiger partial charge in [-0.2, -0.15) is 0 Å². The monoisotopic (exact) mass is 137 g/mol. The number of hydrogen-bond donors (Lipinski definition) is 2. The first-order valence-electron chi connectivity index (χ1n) is 2.72. The van der Waals surface area contributed by atoms with Crippen LogP contribution >= 0.6 is 11.6 Å². The Bertz CT molecular complexity index is 52.4. The van der Waals surface area contributed by atoms with Crippen molar-refractivity contribution in [2.24, 2.45) is 5.73 Å². The standard InChI is InChI=1S/C5H12ClNO/c1-2-4(7)5(8)3-6/h4-5,8H,2-3,7H2,1H3/t4-,5+/m0/s1. The van der Waals surface area contributed by atoms with Crippen LogP contribution in [0, 0.1) is 0 Å². The van der Waals surface area contributed by atoms with Gasteiger partial charge in [-0.15, -0.1) is 11.6 Å². The van der Waals surface area contributed by atoms with Crippen molar-refractivity contribution in [3.8, 4) is 0 Å². The van der Waals surface area contributed by atoms with Crippen LogP contribution in [0.25, 0.3) is 0 Å². The highest BCUT2D eigenvalue weighted by Crippen LogP contribution is 1.96. The van der Waals surface area contributed by atoms with Crippen LogP contribution in [0.3, 0.4) is 0 Å². The molecule has 0 aliphatic heterocycles. The van der Waals surface area contributed by atoms with E-state index in [9.17, 15) is 0 Å². The van der Waals surface area contributed by atoms with Gasteiger partial charge < -0.3 is 10.8 Å². The normalized spacial score (nSPS) is 18.0. The Morgan fingerprint density at radius 2 is 2.25 bits per heavy atom. The van der Waals surface area contributed by atoms with Crippen LogP contribution in [0.1, 0.15) is 13.3 Å². The summed E-state index contributed by atoms with van der Waals surface area (Å²) in [5.74, 6) is 0.231. The molecule has 0 aliphatic rings. The summed E-state index contributed by atoms with van der Waals surface area (Å²) < 4.78 is 0. The summed E-state index contributed by atoms with van der Waals surface area (Å²) in [7, 11) is 0. The maximum absolute atomic E-state index is 8.87. The molecule has 50 valence electrons. The number of alkyl halides is 1. The molecule has 0 unspecified atom stereocenters. The summed E-state index contributed by atoms with van der Waals surface area (Å²) in [6, 6.07) is -0.160. The van der Waals surface area contributed by atoms with Gasteiger partial charge >= 0.3 is 0 Å². The molecule has 3 heteroatoms. The van der Waals surface area contributed by atoms with Crippen LogP contribution in [0.2, 0.25) is 0 Å². The lowest BCUT2D eigenvalue weighted by Crippen LogP contribution is -2.34. The summed E-state index contributed by atoms with van der Waals surface area (Å²) in [6.07, 6.45) is 0.232. The first kappa shape index (κ1) is 8.21. The Morgan fingerprint density at radius 3 is 2.38 bits per heavy atom. The van der Waals surface area contributed by atoms with Gasteiger partial charge in [0.15, 0.2) is 0 Å². The molecule has 0 radical (unpaired) electrons. The summed E-state index contributed by atoms with van der Waals surface area (Å²) in [4.78, 5) is 0. The smallest absolute Gasteiger partial charge is 0.0825 e. The molecule has 0 aromatic heterocycles. The van der Waals surface area contributed by atoms with Crippen molar-refractivity contribution in [1.29, 1.82) is 0 Å². The molecule has 0 aromatic carbocycles. The highest BCUT2D eigenvalue weighted by molar-refractivity contribution is 6.18. The molecule has 0 fully saturated rings. The molecular formula is C5H12ClNO. The van der Waals surface area contributed by atoms with E-state index in [1.165, 1.54) is 0 Å². The first-order chi connectivity index (χ1) is 3.72. The molecule has 0 rings (SSSR count). The van der Waals surface area contributed by atoms with Crippen molar-refractivity contribution in [3.63, 3.8) is 0 Å². The quantitative estimate of drug-likeness (QED) is 0.551. The van der Waals surface area contributed by atoms with Gasteiger partial charge in [-0.3, -0.25) is 0 Å². The second-order valence-corrected chi connectivity index (χ2v) is 2.10. The van der Waals surface area contributed by atoms with E-state index in [2.05, 4.69) is 0 Å². The molecule has 0 heterocycles. The number of rotatable bonds is 3. The van der Waals surface area contributed by atoms with E-state index < -0.39 is 6.10 Å². The summed E-state index contributed by atoms with van der Waals surface area (Å²) in [5.41, 5.74) is 5.39. The maximum atomic E-state index is 8.87. The molecule has 0 saturated heterocycles. The second-order valence-electron chi connectivity index (χ2n) is 1.79. The molecular weight excluding hydrogens is 126 g/mol. The Hall–Kier alpha value is 0.210. The van der Waals surface area contributed by atoms with Crippen LogP contribution in [-0.4, -0.2) is 23.1 Å². The maximum Gasteiger partial charge on any atom is 0.0825 e. The lowest BCUT2D eigenvalue weighted by molar-refractivity contribution is 0.164. The molecule has 0 bridgehead atoms. The van der Waals surface area contributed by atoms with Gasteiger partial charge in [-0.1, -0.05) is 6.92 Å². The first-order valence-corrected chi connectivity index (χ1v) is 3.25. The third-order valence-electron chi connectivity index (χ3n) is 1.12. The van der Waals surface area contributed by atoms with E-state index in [1.54, 1.807) is 0 Å². The molecule has 2 atom stereocenters. The van der Waals surface area contributed by atoms with Crippen LogP contribution in [0.4, 0.5) is 0 Å². The largest absolute Gasteiger partial charge is 0.390 e. The molecule has 2 nitrogen and oxygen atoms in total.